The third kappa shape index (κ3) is 4.08. The lowest BCUT2D eigenvalue weighted by atomic mass is 10.2. The van der Waals surface area contributed by atoms with Crippen LogP contribution in [0.4, 0.5) is 5.82 Å². The van der Waals surface area contributed by atoms with Gasteiger partial charge in [0, 0.05) is 24.4 Å². The van der Waals surface area contributed by atoms with Crippen LogP contribution < -0.4 is 10.6 Å². The van der Waals surface area contributed by atoms with Crippen molar-refractivity contribution < 1.29 is 4.79 Å². The van der Waals surface area contributed by atoms with Crippen LogP contribution in [0.15, 0.2) is 42.7 Å². The highest BCUT2D eigenvalue weighted by Crippen LogP contribution is 2.28. The van der Waals surface area contributed by atoms with Crippen molar-refractivity contribution in [1.29, 1.82) is 0 Å². The van der Waals surface area contributed by atoms with Crippen LogP contribution in [-0.2, 0) is 17.8 Å². The van der Waals surface area contributed by atoms with Gasteiger partial charge in [-0.3, -0.25) is 4.79 Å². The number of aromatic nitrogens is 2. The molecule has 0 radical (unpaired) electrons. The van der Waals surface area contributed by atoms with Crippen molar-refractivity contribution in [1.82, 2.24) is 15.3 Å². The molecule has 0 fully saturated rings. The Hall–Kier alpha value is -2.47. The summed E-state index contributed by atoms with van der Waals surface area (Å²) < 4.78 is 0. The molecule has 0 atom stereocenters. The lowest BCUT2D eigenvalue weighted by Gasteiger charge is -2.07. The molecule has 2 aromatic heterocycles. The molecule has 0 spiro atoms. The van der Waals surface area contributed by atoms with E-state index in [0.717, 1.165) is 28.0 Å². The molecule has 3 aromatic rings. The number of benzene rings is 1. The Morgan fingerprint density at radius 1 is 1.21 bits per heavy atom. The van der Waals surface area contributed by atoms with Crippen molar-refractivity contribution in [2.75, 3.05) is 11.9 Å². The maximum Gasteiger partial charge on any atom is 0.222 e. The van der Waals surface area contributed by atoms with Crippen molar-refractivity contribution in [2.45, 2.75) is 26.3 Å². The van der Waals surface area contributed by atoms with Gasteiger partial charge in [0.15, 0.2) is 0 Å². The highest BCUT2D eigenvalue weighted by atomic mass is 32.1. The second-order valence-electron chi connectivity index (χ2n) is 5.45. The first-order valence-electron chi connectivity index (χ1n) is 8.04. The van der Waals surface area contributed by atoms with Crippen molar-refractivity contribution >= 4 is 33.3 Å². The molecule has 5 nitrogen and oxygen atoms in total. The predicted molar refractivity (Wildman–Crippen MR) is 98.2 cm³/mol. The van der Waals surface area contributed by atoms with E-state index in [1.165, 1.54) is 4.88 Å². The summed E-state index contributed by atoms with van der Waals surface area (Å²) in [4.78, 5) is 22.8. The number of aryl methyl sites for hydroxylation is 1. The van der Waals surface area contributed by atoms with Crippen LogP contribution >= 0.6 is 11.3 Å². The maximum atomic E-state index is 11.9. The SMILES string of the molecule is CCc1cc2c(NCCC(=O)NCc3ccccc3)ncnc2s1. The average molecular weight is 340 g/mol. The van der Waals surface area contributed by atoms with E-state index in [1.54, 1.807) is 17.7 Å². The fourth-order valence-electron chi connectivity index (χ4n) is 2.40. The molecule has 1 aromatic carbocycles. The van der Waals surface area contributed by atoms with Crippen LogP contribution in [0.25, 0.3) is 10.2 Å². The summed E-state index contributed by atoms with van der Waals surface area (Å²) in [5, 5.41) is 7.21. The number of hydrogen-bond acceptors (Lipinski definition) is 5. The third-order valence-corrected chi connectivity index (χ3v) is 4.89. The normalized spacial score (nSPS) is 10.7. The van der Waals surface area contributed by atoms with Crippen molar-refractivity contribution in [3.8, 4) is 0 Å². The van der Waals surface area contributed by atoms with Crippen LogP contribution in [0.5, 0.6) is 0 Å². The van der Waals surface area contributed by atoms with E-state index in [9.17, 15) is 4.79 Å². The van der Waals surface area contributed by atoms with Gasteiger partial charge in [-0.15, -0.1) is 11.3 Å². The topological polar surface area (TPSA) is 66.9 Å². The quantitative estimate of drug-likeness (QED) is 0.692. The summed E-state index contributed by atoms with van der Waals surface area (Å²) in [5.41, 5.74) is 1.10. The van der Waals surface area contributed by atoms with Gasteiger partial charge in [0.05, 0.1) is 5.39 Å². The number of thiophene rings is 1. The summed E-state index contributed by atoms with van der Waals surface area (Å²) >= 11 is 1.69. The molecular weight excluding hydrogens is 320 g/mol. The summed E-state index contributed by atoms with van der Waals surface area (Å²) in [6, 6.07) is 12.0. The summed E-state index contributed by atoms with van der Waals surface area (Å²) in [7, 11) is 0. The molecule has 2 heterocycles. The van der Waals surface area contributed by atoms with Gasteiger partial charge in [0.25, 0.3) is 0 Å². The molecule has 0 unspecified atom stereocenters. The van der Waals surface area contributed by atoms with Gasteiger partial charge >= 0.3 is 0 Å². The monoisotopic (exact) mass is 340 g/mol. The van der Waals surface area contributed by atoms with E-state index in [0.29, 0.717) is 19.5 Å². The van der Waals surface area contributed by atoms with E-state index in [2.05, 4.69) is 33.6 Å². The maximum absolute atomic E-state index is 11.9. The van der Waals surface area contributed by atoms with Gasteiger partial charge in [-0.2, -0.15) is 0 Å². The largest absolute Gasteiger partial charge is 0.369 e. The Morgan fingerprint density at radius 2 is 2.04 bits per heavy atom. The molecule has 0 bridgehead atoms. The Labute approximate surface area is 145 Å². The Kier molecular flexibility index (Phi) is 5.38. The lowest BCUT2D eigenvalue weighted by Crippen LogP contribution is -2.24. The molecule has 2 N–H and O–H groups in total. The number of fused-ring (bicyclic) bond motifs is 1. The summed E-state index contributed by atoms with van der Waals surface area (Å²) in [5.74, 6) is 0.822. The standard InChI is InChI=1S/C18H20N4OS/c1-2-14-10-15-17(21-12-22-18(15)24-14)19-9-8-16(23)20-11-13-6-4-3-5-7-13/h3-7,10,12H,2,8-9,11H2,1H3,(H,20,23)(H,19,21,22). The van der Waals surface area contributed by atoms with Crippen LogP contribution in [0.3, 0.4) is 0 Å². The minimum Gasteiger partial charge on any atom is -0.369 e. The fraction of sp³-hybridized carbons (Fsp3) is 0.278. The van der Waals surface area contributed by atoms with E-state index >= 15 is 0 Å². The minimum absolute atomic E-state index is 0.0243. The number of rotatable bonds is 7. The van der Waals surface area contributed by atoms with Crippen molar-refractivity contribution in [2.24, 2.45) is 0 Å². The lowest BCUT2D eigenvalue weighted by molar-refractivity contribution is -0.121. The zero-order chi connectivity index (χ0) is 16.8. The molecule has 0 saturated carbocycles. The first-order chi connectivity index (χ1) is 11.8. The Bertz CT molecular complexity index is 816. The van der Waals surface area contributed by atoms with E-state index < -0.39 is 0 Å². The van der Waals surface area contributed by atoms with E-state index in [4.69, 9.17) is 0 Å². The van der Waals surface area contributed by atoms with Crippen LogP contribution in [-0.4, -0.2) is 22.4 Å². The number of nitrogens with one attached hydrogen (secondary N) is 2. The van der Waals surface area contributed by atoms with Gasteiger partial charge < -0.3 is 10.6 Å². The van der Waals surface area contributed by atoms with Gasteiger partial charge in [-0.1, -0.05) is 37.3 Å². The molecule has 0 saturated heterocycles. The fourth-order valence-corrected chi connectivity index (χ4v) is 3.33. The number of carbonyl (C=O) groups is 1. The van der Waals surface area contributed by atoms with Gasteiger partial charge in [0.1, 0.15) is 17.0 Å². The highest BCUT2D eigenvalue weighted by Gasteiger charge is 2.08. The van der Waals surface area contributed by atoms with E-state index in [-0.39, 0.29) is 5.91 Å². The first kappa shape index (κ1) is 16.4. The van der Waals surface area contributed by atoms with Crippen molar-refractivity contribution in [3.63, 3.8) is 0 Å². The first-order valence-corrected chi connectivity index (χ1v) is 8.86. The van der Waals surface area contributed by atoms with E-state index in [1.807, 2.05) is 30.3 Å². The smallest absolute Gasteiger partial charge is 0.222 e. The molecule has 124 valence electrons. The average Bonchev–Trinajstić information content (AvgIpc) is 3.05. The summed E-state index contributed by atoms with van der Waals surface area (Å²) in [6.45, 7) is 3.23. The molecule has 6 heteroatoms. The minimum atomic E-state index is 0.0243. The predicted octanol–water partition coefficient (Wildman–Crippen LogP) is 3.37. The molecule has 1 amide bonds. The molecule has 3 rings (SSSR count). The third-order valence-electron chi connectivity index (χ3n) is 3.71. The second-order valence-corrected chi connectivity index (χ2v) is 6.56. The Balaban J connectivity index is 1.51. The van der Waals surface area contributed by atoms with Crippen LogP contribution in [0.2, 0.25) is 0 Å². The van der Waals surface area contributed by atoms with Gasteiger partial charge in [-0.05, 0) is 18.1 Å². The number of nitrogens with zero attached hydrogens (tertiary/aromatic N) is 2. The van der Waals surface area contributed by atoms with Crippen LogP contribution in [0.1, 0.15) is 23.8 Å². The number of hydrogen-bond donors (Lipinski definition) is 2. The second kappa shape index (κ2) is 7.88. The highest BCUT2D eigenvalue weighted by molar-refractivity contribution is 7.18. The summed E-state index contributed by atoms with van der Waals surface area (Å²) in [6.07, 6.45) is 2.96. The van der Waals surface area contributed by atoms with Gasteiger partial charge in [0.2, 0.25) is 5.91 Å². The zero-order valence-electron chi connectivity index (χ0n) is 13.6. The Morgan fingerprint density at radius 3 is 2.83 bits per heavy atom. The molecule has 0 aliphatic carbocycles. The molecule has 0 aliphatic heterocycles. The molecule has 24 heavy (non-hydrogen) atoms. The zero-order valence-corrected chi connectivity index (χ0v) is 14.4. The number of amides is 1. The molecular formula is C18H20N4OS. The molecule has 0 aliphatic rings. The number of carbonyl (C=O) groups excluding carboxylic acids is 1. The van der Waals surface area contributed by atoms with Crippen LogP contribution in [0, 0.1) is 0 Å². The van der Waals surface area contributed by atoms with Gasteiger partial charge in [-0.25, -0.2) is 9.97 Å². The number of anilines is 1. The van der Waals surface area contributed by atoms with Crippen molar-refractivity contribution in [3.05, 3.63) is 53.2 Å².